The fourth-order valence-corrected chi connectivity index (χ4v) is 2.17. The van der Waals surface area contributed by atoms with Gasteiger partial charge in [-0.3, -0.25) is 9.59 Å². The maximum Gasteiger partial charge on any atom is 0.310 e. The van der Waals surface area contributed by atoms with Crippen LogP contribution in [0, 0.1) is 11.8 Å². The number of rotatable bonds is 5. The lowest BCUT2D eigenvalue weighted by molar-refractivity contribution is -0.152. The third kappa shape index (κ3) is 4.31. The second kappa shape index (κ2) is 7.39. The molecule has 0 radical (unpaired) electrons. The van der Waals surface area contributed by atoms with Crippen LogP contribution in [-0.2, 0) is 14.3 Å². The van der Waals surface area contributed by atoms with Crippen molar-refractivity contribution in [1.82, 2.24) is 4.90 Å². The monoisotopic (exact) mass is 255 g/mol. The number of hydrogen-bond donors (Lipinski definition) is 0. The van der Waals surface area contributed by atoms with Crippen molar-refractivity contribution >= 4 is 11.9 Å². The van der Waals surface area contributed by atoms with Crippen LogP contribution in [0.1, 0.15) is 46.5 Å². The zero-order valence-corrected chi connectivity index (χ0v) is 11.8. The van der Waals surface area contributed by atoms with Crippen LogP contribution in [-0.4, -0.2) is 36.5 Å². The molecule has 0 N–H and O–H groups in total. The first kappa shape index (κ1) is 15.0. The Morgan fingerprint density at radius 2 is 2.11 bits per heavy atom. The normalized spacial score (nSPS) is 20.0. The van der Waals surface area contributed by atoms with Gasteiger partial charge in [-0.2, -0.15) is 0 Å². The molecule has 0 aromatic heterocycles. The molecule has 0 bridgehead atoms. The Bertz CT molecular complexity index is 289. The lowest BCUT2D eigenvalue weighted by atomic mass is 9.97. The molecule has 1 saturated heterocycles. The van der Waals surface area contributed by atoms with Gasteiger partial charge in [0, 0.05) is 19.0 Å². The minimum Gasteiger partial charge on any atom is -0.465 e. The lowest BCUT2D eigenvalue weighted by Gasteiger charge is -2.32. The summed E-state index contributed by atoms with van der Waals surface area (Å²) in [5, 5.41) is 0. The predicted octanol–water partition coefficient (Wildman–Crippen LogP) is 2.22. The van der Waals surface area contributed by atoms with Crippen molar-refractivity contribution in [2.24, 2.45) is 11.8 Å². The van der Waals surface area contributed by atoms with Gasteiger partial charge < -0.3 is 9.64 Å². The average molecular weight is 255 g/mol. The van der Waals surface area contributed by atoms with E-state index in [2.05, 4.69) is 6.92 Å². The zero-order chi connectivity index (χ0) is 13.5. The molecule has 0 aliphatic carbocycles. The van der Waals surface area contributed by atoms with Gasteiger partial charge in [0.15, 0.2) is 0 Å². The van der Waals surface area contributed by atoms with E-state index in [0.717, 1.165) is 32.2 Å². The molecule has 1 unspecified atom stereocenters. The van der Waals surface area contributed by atoms with E-state index in [9.17, 15) is 9.59 Å². The molecule has 0 aromatic carbocycles. The number of carbonyl (C=O) groups excluding carboxylic acids is 2. The van der Waals surface area contributed by atoms with Crippen molar-refractivity contribution in [2.75, 3.05) is 19.7 Å². The number of unbranched alkanes of at least 4 members (excludes halogenated alkanes) is 1. The molecular formula is C14H25NO3. The van der Waals surface area contributed by atoms with E-state index < -0.39 is 0 Å². The van der Waals surface area contributed by atoms with Crippen molar-refractivity contribution < 1.29 is 14.3 Å². The van der Waals surface area contributed by atoms with Crippen molar-refractivity contribution in [3.05, 3.63) is 0 Å². The maximum atomic E-state index is 11.9. The molecule has 1 heterocycles. The van der Waals surface area contributed by atoms with E-state index >= 15 is 0 Å². The molecule has 1 aliphatic heterocycles. The van der Waals surface area contributed by atoms with Crippen LogP contribution in [0.5, 0.6) is 0 Å². The van der Waals surface area contributed by atoms with Crippen molar-refractivity contribution in [3.63, 3.8) is 0 Å². The number of ether oxygens (including phenoxy) is 1. The van der Waals surface area contributed by atoms with E-state index in [-0.39, 0.29) is 23.7 Å². The molecule has 0 aromatic rings. The van der Waals surface area contributed by atoms with Gasteiger partial charge >= 0.3 is 5.97 Å². The highest BCUT2D eigenvalue weighted by molar-refractivity contribution is 5.79. The number of piperidine rings is 1. The zero-order valence-electron chi connectivity index (χ0n) is 11.8. The fraction of sp³-hybridized carbons (Fsp3) is 0.857. The van der Waals surface area contributed by atoms with Crippen LogP contribution in [0.3, 0.4) is 0 Å². The largest absolute Gasteiger partial charge is 0.465 e. The standard InChI is InChI=1S/C14H25NO3/c1-4-5-9-18-14(17)12-7-6-8-15(10-12)13(16)11(2)3/h11-12H,4-10H2,1-3H3. The number of nitrogens with zero attached hydrogens (tertiary/aromatic N) is 1. The van der Waals surface area contributed by atoms with Gasteiger partial charge in [0.25, 0.3) is 0 Å². The molecule has 0 spiro atoms. The van der Waals surface area contributed by atoms with Crippen LogP contribution in [0.15, 0.2) is 0 Å². The number of hydrogen-bond acceptors (Lipinski definition) is 3. The van der Waals surface area contributed by atoms with Gasteiger partial charge in [-0.25, -0.2) is 0 Å². The summed E-state index contributed by atoms with van der Waals surface area (Å²) in [6, 6.07) is 0. The van der Waals surface area contributed by atoms with Crippen LogP contribution < -0.4 is 0 Å². The van der Waals surface area contributed by atoms with E-state index in [1.807, 2.05) is 13.8 Å². The summed E-state index contributed by atoms with van der Waals surface area (Å²) in [7, 11) is 0. The molecule has 1 rings (SSSR count). The summed E-state index contributed by atoms with van der Waals surface area (Å²) in [4.78, 5) is 25.6. The Morgan fingerprint density at radius 3 is 2.72 bits per heavy atom. The quantitative estimate of drug-likeness (QED) is 0.559. The van der Waals surface area contributed by atoms with Crippen molar-refractivity contribution in [3.8, 4) is 0 Å². The molecular weight excluding hydrogens is 230 g/mol. The van der Waals surface area contributed by atoms with Gasteiger partial charge in [-0.1, -0.05) is 27.2 Å². The first-order chi connectivity index (χ1) is 8.56. The van der Waals surface area contributed by atoms with E-state index in [1.165, 1.54) is 0 Å². The first-order valence-corrected chi connectivity index (χ1v) is 7.01. The topological polar surface area (TPSA) is 46.6 Å². The summed E-state index contributed by atoms with van der Waals surface area (Å²) in [5.74, 6) is -0.121. The van der Waals surface area contributed by atoms with E-state index in [4.69, 9.17) is 4.74 Å². The van der Waals surface area contributed by atoms with Gasteiger partial charge in [-0.05, 0) is 19.3 Å². The highest BCUT2D eigenvalue weighted by Crippen LogP contribution is 2.19. The van der Waals surface area contributed by atoms with Crippen LogP contribution in [0.2, 0.25) is 0 Å². The smallest absolute Gasteiger partial charge is 0.310 e. The second-order valence-electron chi connectivity index (χ2n) is 5.30. The van der Waals surface area contributed by atoms with Crippen LogP contribution in [0.4, 0.5) is 0 Å². The average Bonchev–Trinajstić information content (AvgIpc) is 2.38. The molecule has 4 nitrogen and oxygen atoms in total. The number of esters is 1. The van der Waals surface area contributed by atoms with Crippen LogP contribution >= 0.6 is 0 Å². The third-order valence-electron chi connectivity index (χ3n) is 3.30. The second-order valence-corrected chi connectivity index (χ2v) is 5.30. The molecule has 1 fully saturated rings. The highest BCUT2D eigenvalue weighted by Gasteiger charge is 2.30. The van der Waals surface area contributed by atoms with Gasteiger partial charge in [0.2, 0.25) is 5.91 Å². The van der Waals surface area contributed by atoms with E-state index in [1.54, 1.807) is 4.90 Å². The number of likely N-dealkylation sites (tertiary alicyclic amines) is 1. The maximum absolute atomic E-state index is 11.9. The highest BCUT2D eigenvalue weighted by atomic mass is 16.5. The van der Waals surface area contributed by atoms with Crippen molar-refractivity contribution in [2.45, 2.75) is 46.5 Å². The Balaban J connectivity index is 2.43. The van der Waals surface area contributed by atoms with Gasteiger partial charge in [0.1, 0.15) is 0 Å². The SMILES string of the molecule is CCCCOC(=O)C1CCCN(C(=O)C(C)C)C1. The van der Waals surface area contributed by atoms with Crippen LogP contribution in [0.25, 0.3) is 0 Å². The minimum absolute atomic E-state index is 0.000128. The fourth-order valence-electron chi connectivity index (χ4n) is 2.17. The molecule has 1 atom stereocenters. The number of amides is 1. The van der Waals surface area contributed by atoms with Gasteiger partial charge in [-0.15, -0.1) is 0 Å². The molecule has 1 amide bonds. The Morgan fingerprint density at radius 1 is 1.39 bits per heavy atom. The first-order valence-electron chi connectivity index (χ1n) is 7.01. The summed E-state index contributed by atoms with van der Waals surface area (Å²) < 4.78 is 5.23. The van der Waals surface area contributed by atoms with E-state index in [0.29, 0.717) is 13.2 Å². The Kier molecular flexibility index (Phi) is 6.16. The molecule has 1 aliphatic rings. The Labute approximate surface area is 110 Å². The van der Waals surface area contributed by atoms with Crippen molar-refractivity contribution in [1.29, 1.82) is 0 Å². The van der Waals surface area contributed by atoms with Gasteiger partial charge in [0.05, 0.1) is 12.5 Å². The molecule has 4 heteroatoms. The summed E-state index contributed by atoms with van der Waals surface area (Å²) in [6.45, 7) is 7.66. The summed E-state index contributed by atoms with van der Waals surface area (Å²) in [6.07, 6.45) is 3.67. The molecule has 18 heavy (non-hydrogen) atoms. The summed E-state index contributed by atoms with van der Waals surface area (Å²) >= 11 is 0. The summed E-state index contributed by atoms with van der Waals surface area (Å²) in [5.41, 5.74) is 0. The number of carbonyl (C=O) groups is 2. The lowest BCUT2D eigenvalue weighted by Crippen LogP contribution is -2.44. The predicted molar refractivity (Wildman–Crippen MR) is 70.0 cm³/mol. The molecule has 0 saturated carbocycles. The third-order valence-corrected chi connectivity index (χ3v) is 3.30. The minimum atomic E-state index is -0.135. The Hall–Kier alpha value is -1.06. The molecule has 104 valence electrons.